The molecule has 2 heterocycles. The van der Waals surface area contributed by atoms with Gasteiger partial charge in [0, 0.05) is 17.0 Å². The molecule has 3 aromatic rings. The Hall–Kier alpha value is -2.13. The van der Waals surface area contributed by atoms with Crippen molar-refractivity contribution in [3.8, 4) is 11.3 Å². The first-order valence-corrected chi connectivity index (χ1v) is 6.72. The molecule has 0 aliphatic heterocycles. The lowest BCUT2D eigenvalue weighted by Crippen LogP contribution is -2.10. The van der Waals surface area contributed by atoms with Crippen LogP contribution in [0.5, 0.6) is 0 Å². The van der Waals surface area contributed by atoms with E-state index >= 15 is 0 Å². The minimum Gasteiger partial charge on any atom is -0.397 e. The second-order valence-corrected chi connectivity index (χ2v) is 5.24. The Kier molecular flexibility index (Phi) is 4.14. The molecule has 2 aromatic heterocycles. The van der Waals surface area contributed by atoms with E-state index in [1.54, 1.807) is 0 Å². The van der Waals surface area contributed by atoms with Crippen molar-refractivity contribution in [1.82, 2.24) is 4.98 Å². The fourth-order valence-corrected chi connectivity index (χ4v) is 2.58. The Morgan fingerprint density at radius 3 is 2.48 bits per heavy atom. The summed E-state index contributed by atoms with van der Waals surface area (Å²) in [4.78, 5) is 8.03. The topological polar surface area (TPSA) is 53.0 Å². The molecule has 0 saturated heterocycles. The summed E-state index contributed by atoms with van der Waals surface area (Å²) in [6.07, 6.45) is 1.98. The second-order valence-electron chi connectivity index (χ2n) is 5.24. The Morgan fingerprint density at radius 1 is 1.05 bits per heavy atom. The second kappa shape index (κ2) is 5.70. The molecule has 3 rings (SSSR count). The number of aromatic nitrogens is 2. The maximum atomic E-state index is 6.40. The number of rotatable bonds is 1. The minimum atomic E-state index is 0. The molecule has 0 unspecified atom stereocenters. The van der Waals surface area contributed by atoms with Gasteiger partial charge in [0.05, 0.1) is 22.5 Å². The van der Waals surface area contributed by atoms with Gasteiger partial charge in [0.1, 0.15) is 0 Å². The first-order valence-electron chi connectivity index (χ1n) is 6.72. The highest BCUT2D eigenvalue weighted by Crippen LogP contribution is 2.33. The van der Waals surface area contributed by atoms with Crippen molar-refractivity contribution in [3.05, 3.63) is 53.3 Å². The zero-order chi connectivity index (χ0) is 14.3. The number of aryl methyl sites for hydroxylation is 3. The number of fused-ring (bicyclic) bond motifs is 1. The summed E-state index contributed by atoms with van der Waals surface area (Å²) in [5.41, 5.74) is 13.4. The number of nitrogen functional groups attached to an aromatic ring is 1. The average Bonchev–Trinajstić information content (AvgIpc) is 2.42. The molecule has 4 heteroatoms. The van der Waals surface area contributed by atoms with Crippen LogP contribution in [-0.4, -0.2) is 4.98 Å². The quantitative estimate of drug-likeness (QED) is 0.746. The zero-order valence-electron chi connectivity index (χ0n) is 12.4. The molecule has 21 heavy (non-hydrogen) atoms. The van der Waals surface area contributed by atoms with Crippen molar-refractivity contribution in [3.63, 3.8) is 0 Å². The Bertz CT molecular complexity index is 795. The van der Waals surface area contributed by atoms with Gasteiger partial charge in [0.25, 0.3) is 0 Å². The highest BCUT2D eigenvalue weighted by molar-refractivity contribution is 5.99. The first kappa shape index (κ1) is 15.3. The number of para-hydroxylation sites is 1. The molecule has 0 aliphatic carbocycles. The van der Waals surface area contributed by atoms with E-state index in [9.17, 15) is 0 Å². The molecule has 0 aliphatic rings. The van der Waals surface area contributed by atoms with Crippen molar-refractivity contribution in [2.45, 2.75) is 20.8 Å². The van der Waals surface area contributed by atoms with Crippen molar-refractivity contribution in [2.24, 2.45) is 0 Å². The number of nitrogens with two attached hydrogens (primary N) is 1. The molecule has 0 fully saturated rings. The largest absolute Gasteiger partial charge is 0.397 e. The van der Waals surface area contributed by atoms with Crippen LogP contribution in [-0.2, 0) is 0 Å². The Balaban J connectivity index is 0.00000161. The van der Waals surface area contributed by atoms with E-state index in [0.717, 1.165) is 39.1 Å². The number of benzene rings is 1. The fraction of sp³-hybridized carbons (Fsp3) is 0.176. The molecule has 0 amide bonds. The summed E-state index contributed by atoms with van der Waals surface area (Å²) in [5.74, 6) is 0. The van der Waals surface area contributed by atoms with Crippen molar-refractivity contribution in [1.29, 1.82) is 0 Å². The van der Waals surface area contributed by atoms with Crippen LogP contribution in [0.4, 0.5) is 5.69 Å². The minimum absolute atomic E-state index is 0. The highest BCUT2D eigenvalue weighted by Gasteiger charge is 2.17. The van der Waals surface area contributed by atoms with Crippen LogP contribution >= 0.6 is 12.4 Å². The molecule has 108 valence electrons. The number of halogens is 1. The van der Waals surface area contributed by atoms with Crippen LogP contribution in [0.1, 0.15) is 16.8 Å². The van der Waals surface area contributed by atoms with Gasteiger partial charge < -0.3 is 5.73 Å². The fourth-order valence-electron chi connectivity index (χ4n) is 2.58. The molecule has 0 radical (unpaired) electrons. The molecular weight excluding hydrogens is 282 g/mol. The predicted octanol–water partition coefficient (Wildman–Crippen LogP) is 3.65. The van der Waals surface area contributed by atoms with Crippen LogP contribution in [0.25, 0.3) is 22.2 Å². The van der Waals surface area contributed by atoms with E-state index in [2.05, 4.69) is 37.0 Å². The van der Waals surface area contributed by atoms with Gasteiger partial charge >= 0.3 is 0 Å². The third-order valence-corrected chi connectivity index (χ3v) is 3.68. The number of hydrogen-bond acceptors (Lipinski definition) is 2. The smallest absolute Gasteiger partial charge is 0.214 e. The van der Waals surface area contributed by atoms with E-state index in [4.69, 9.17) is 10.7 Å². The first-order chi connectivity index (χ1) is 9.58. The predicted molar refractivity (Wildman–Crippen MR) is 89.6 cm³/mol. The molecule has 0 spiro atoms. The van der Waals surface area contributed by atoms with Crippen LogP contribution < -0.4 is 10.7 Å². The van der Waals surface area contributed by atoms with E-state index in [1.165, 1.54) is 5.56 Å². The summed E-state index contributed by atoms with van der Waals surface area (Å²) < 4.78 is 0. The molecule has 1 aromatic carbocycles. The third-order valence-electron chi connectivity index (χ3n) is 3.68. The number of pyridine rings is 2. The molecule has 0 atom stereocenters. The summed E-state index contributed by atoms with van der Waals surface area (Å²) in [7, 11) is 0. The summed E-state index contributed by atoms with van der Waals surface area (Å²) >= 11 is 0. The van der Waals surface area contributed by atoms with Crippen LogP contribution in [0.2, 0.25) is 0 Å². The SMILES string of the molecule is Cc1ccc(-c2c(C)nc3c(C)cccc3c2N)[nH+]c1.Cl. The molecule has 0 bridgehead atoms. The van der Waals surface area contributed by atoms with Crippen LogP contribution in [0.3, 0.4) is 0 Å². The molecule has 3 N–H and O–H groups in total. The number of anilines is 1. The zero-order valence-corrected chi connectivity index (χ0v) is 13.2. The number of nitrogens with one attached hydrogen (secondary N) is 1. The van der Waals surface area contributed by atoms with Gasteiger partial charge in [-0.2, -0.15) is 0 Å². The number of hydrogen-bond donors (Lipinski definition) is 1. The van der Waals surface area contributed by atoms with E-state index < -0.39 is 0 Å². The van der Waals surface area contributed by atoms with Gasteiger partial charge in [0.15, 0.2) is 6.20 Å². The summed E-state index contributed by atoms with van der Waals surface area (Å²) in [5, 5.41) is 1.01. The molecule has 3 nitrogen and oxygen atoms in total. The van der Waals surface area contributed by atoms with Gasteiger partial charge in [-0.1, -0.05) is 18.2 Å². The number of H-pyrrole nitrogens is 1. The summed E-state index contributed by atoms with van der Waals surface area (Å²) in [6, 6.07) is 10.2. The van der Waals surface area contributed by atoms with Gasteiger partial charge in [-0.15, -0.1) is 12.4 Å². The normalized spacial score (nSPS) is 10.4. The van der Waals surface area contributed by atoms with Crippen molar-refractivity contribution >= 4 is 29.0 Å². The van der Waals surface area contributed by atoms with Gasteiger partial charge in [0.2, 0.25) is 5.69 Å². The van der Waals surface area contributed by atoms with Crippen molar-refractivity contribution < 1.29 is 4.98 Å². The molecule has 0 saturated carbocycles. The lowest BCUT2D eigenvalue weighted by molar-refractivity contribution is -0.365. The monoisotopic (exact) mass is 300 g/mol. The molecular formula is C17H19ClN3+. The highest BCUT2D eigenvalue weighted by atomic mass is 35.5. The average molecular weight is 301 g/mol. The van der Waals surface area contributed by atoms with Crippen molar-refractivity contribution in [2.75, 3.05) is 5.73 Å². The maximum Gasteiger partial charge on any atom is 0.214 e. The van der Waals surface area contributed by atoms with Gasteiger partial charge in [-0.3, -0.25) is 4.98 Å². The maximum absolute atomic E-state index is 6.40. The van der Waals surface area contributed by atoms with Crippen LogP contribution in [0.15, 0.2) is 36.5 Å². The van der Waals surface area contributed by atoms with E-state index in [-0.39, 0.29) is 12.4 Å². The lowest BCUT2D eigenvalue weighted by Gasteiger charge is -2.10. The standard InChI is InChI=1S/C17H17N3.ClH/c1-10-7-8-14(19-9-10)15-12(3)20-17-11(2)5-4-6-13(17)16(15)18;/h4-9H,1-3H3,(H2,18,20);1H/p+1. The Morgan fingerprint density at radius 2 is 1.81 bits per heavy atom. The third kappa shape index (κ3) is 2.57. The summed E-state index contributed by atoms with van der Waals surface area (Å²) in [6.45, 7) is 6.12. The lowest BCUT2D eigenvalue weighted by atomic mass is 10.0. The van der Waals surface area contributed by atoms with E-state index in [0.29, 0.717) is 0 Å². The van der Waals surface area contributed by atoms with Gasteiger partial charge in [-0.05, 0) is 32.4 Å². The van der Waals surface area contributed by atoms with Crippen LogP contribution in [0, 0.1) is 20.8 Å². The number of nitrogens with zero attached hydrogens (tertiary/aromatic N) is 1. The number of aromatic amines is 1. The van der Waals surface area contributed by atoms with E-state index in [1.807, 2.05) is 25.3 Å². The van der Waals surface area contributed by atoms with Gasteiger partial charge in [-0.25, -0.2) is 4.98 Å². The Labute approximate surface area is 130 Å².